The molecule has 0 fully saturated rings. The van der Waals surface area contributed by atoms with Crippen LogP contribution < -0.4 is 5.32 Å². The van der Waals surface area contributed by atoms with Gasteiger partial charge in [-0.1, -0.05) is 38.1 Å². The number of benzene rings is 2. The van der Waals surface area contributed by atoms with Crippen molar-refractivity contribution in [1.82, 2.24) is 4.98 Å². The largest absolute Gasteiger partial charge is 0.381 e. The van der Waals surface area contributed by atoms with Gasteiger partial charge in [-0.3, -0.25) is 0 Å². The molecule has 0 bridgehead atoms. The van der Waals surface area contributed by atoms with Gasteiger partial charge in [-0.05, 0) is 53.1 Å². The molecule has 3 aromatic rings. The first-order valence-corrected chi connectivity index (χ1v) is 7.66. The van der Waals surface area contributed by atoms with E-state index in [1.54, 1.807) is 0 Å². The number of aromatic amines is 1. The van der Waals surface area contributed by atoms with E-state index < -0.39 is 0 Å². The van der Waals surface area contributed by atoms with Crippen molar-refractivity contribution in [3.63, 3.8) is 0 Å². The number of hydrogen-bond donors (Lipinski definition) is 2. The average Bonchev–Trinajstić information content (AvgIpc) is 3.00. The fourth-order valence-corrected chi connectivity index (χ4v) is 2.57. The van der Waals surface area contributed by atoms with Crippen LogP contribution >= 0.6 is 0 Å². The maximum Gasteiger partial charge on any atom is 0.0457 e. The Labute approximate surface area is 126 Å². The highest BCUT2D eigenvalue weighted by Crippen LogP contribution is 2.21. The number of anilines is 1. The predicted molar refractivity (Wildman–Crippen MR) is 90.8 cm³/mol. The minimum atomic E-state index is 0.634. The molecule has 0 aliphatic rings. The summed E-state index contributed by atoms with van der Waals surface area (Å²) < 4.78 is 0. The topological polar surface area (TPSA) is 27.8 Å². The molecule has 2 heteroatoms. The van der Waals surface area contributed by atoms with Gasteiger partial charge < -0.3 is 10.3 Å². The van der Waals surface area contributed by atoms with Gasteiger partial charge in [-0.25, -0.2) is 0 Å². The second-order valence-electron chi connectivity index (χ2n) is 5.68. The second-order valence-corrected chi connectivity index (χ2v) is 5.68. The van der Waals surface area contributed by atoms with Gasteiger partial charge in [0.1, 0.15) is 0 Å². The Morgan fingerprint density at radius 3 is 2.62 bits per heavy atom. The number of fused-ring (bicyclic) bond motifs is 1. The highest BCUT2D eigenvalue weighted by molar-refractivity contribution is 5.79. The quantitative estimate of drug-likeness (QED) is 0.651. The zero-order chi connectivity index (χ0) is 14.7. The first kappa shape index (κ1) is 13.7. The second kappa shape index (κ2) is 6.04. The third-order valence-corrected chi connectivity index (χ3v) is 4.21. The summed E-state index contributed by atoms with van der Waals surface area (Å²) >= 11 is 0. The smallest absolute Gasteiger partial charge is 0.0457 e. The molecule has 0 aliphatic carbocycles. The lowest BCUT2D eigenvalue weighted by Gasteiger charge is -2.11. The number of hydrogen-bond acceptors (Lipinski definition) is 1. The molecular weight excluding hydrogens is 256 g/mol. The van der Waals surface area contributed by atoms with Crippen LogP contribution in [0, 0.1) is 0 Å². The van der Waals surface area contributed by atoms with Gasteiger partial charge in [0.05, 0.1) is 0 Å². The Kier molecular flexibility index (Phi) is 3.96. The lowest BCUT2D eigenvalue weighted by atomic mass is 9.98. The highest BCUT2D eigenvalue weighted by atomic mass is 14.9. The van der Waals surface area contributed by atoms with Crippen molar-refractivity contribution in [3.05, 3.63) is 65.9 Å². The molecule has 0 spiro atoms. The highest BCUT2D eigenvalue weighted by Gasteiger charge is 2.02. The molecule has 0 saturated carbocycles. The molecular formula is C19H22N2. The molecule has 1 atom stereocenters. The van der Waals surface area contributed by atoms with Crippen LogP contribution in [-0.2, 0) is 6.54 Å². The molecule has 0 amide bonds. The van der Waals surface area contributed by atoms with E-state index in [4.69, 9.17) is 0 Å². The van der Waals surface area contributed by atoms with Gasteiger partial charge in [0.15, 0.2) is 0 Å². The van der Waals surface area contributed by atoms with E-state index in [-0.39, 0.29) is 0 Å². The Morgan fingerprint density at radius 1 is 1.05 bits per heavy atom. The number of aromatic nitrogens is 1. The molecule has 3 rings (SSSR count). The van der Waals surface area contributed by atoms with Crippen LogP contribution in [0.1, 0.15) is 37.3 Å². The van der Waals surface area contributed by atoms with Gasteiger partial charge >= 0.3 is 0 Å². The fraction of sp³-hybridized carbons (Fsp3) is 0.263. The monoisotopic (exact) mass is 278 g/mol. The van der Waals surface area contributed by atoms with Crippen LogP contribution in [0.4, 0.5) is 5.69 Å². The Morgan fingerprint density at radius 2 is 1.86 bits per heavy atom. The third-order valence-electron chi connectivity index (χ3n) is 4.21. The third kappa shape index (κ3) is 3.10. The molecule has 2 nitrogen and oxygen atoms in total. The Bertz CT molecular complexity index is 710. The maximum absolute atomic E-state index is 3.49. The molecule has 108 valence electrons. The van der Waals surface area contributed by atoms with Crippen molar-refractivity contribution >= 4 is 16.6 Å². The molecule has 0 radical (unpaired) electrons. The van der Waals surface area contributed by atoms with E-state index in [9.17, 15) is 0 Å². The molecule has 2 aromatic carbocycles. The minimum absolute atomic E-state index is 0.634. The summed E-state index contributed by atoms with van der Waals surface area (Å²) in [5, 5.41) is 4.75. The van der Waals surface area contributed by atoms with Crippen molar-refractivity contribution in [2.45, 2.75) is 32.7 Å². The van der Waals surface area contributed by atoms with E-state index >= 15 is 0 Å². The van der Waals surface area contributed by atoms with Gasteiger partial charge in [0.25, 0.3) is 0 Å². The molecule has 1 aromatic heterocycles. The van der Waals surface area contributed by atoms with Crippen LogP contribution in [0.3, 0.4) is 0 Å². The van der Waals surface area contributed by atoms with Crippen LogP contribution in [0.5, 0.6) is 0 Å². The summed E-state index contributed by atoms with van der Waals surface area (Å²) in [5.41, 5.74) is 5.07. The number of nitrogens with one attached hydrogen (secondary N) is 2. The Balaban J connectivity index is 1.66. The van der Waals surface area contributed by atoms with Crippen LogP contribution in [0.25, 0.3) is 10.9 Å². The zero-order valence-corrected chi connectivity index (χ0v) is 12.7. The van der Waals surface area contributed by atoms with Crippen molar-refractivity contribution in [3.8, 4) is 0 Å². The maximum atomic E-state index is 3.49. The fourth-order valence-electron chi connectivity index (χ4n) is 2.57. The SMILES string of the molecule is CCC(C)c1ccc(NCc2ccc3cc[nH]c3c2)cc1. The summed E-state index contributed by atoms with van der Waals surface area (Å²) in [6.45, 7) is 5.35. The van der Waals surface area contributed by atoms with Crippen LogP contribution in [0.15, 0.2) is 54.7 Å². The van der Waals surface area contributed by atoms with Crippen LogP contribution in [0.2, 0.25) is 0 Å². The summed E-state index contributed by atoms with van der Waals surface area (Å²) in [4.78, 5) is 3.26. The lowest BCUT2D eigenvalue weighted by molar-refractivity contribution is 0.734. The minimum Gasteiger partial charge on any atom is -0.381 e. The summed E-state index contributed by atoms with van der Waals surface area (Å²) in [5.74, 6) is 0.634. The van der Waals surface area contributed by atoms with E-state index in [0.29, 0.717) is 5.92 Å². The number of rotatable bonds is 5. The summed E-state index contributed by atoms with van der Waals surface area (Å²) in [6, 6.07) is 17.4. The average molecular weight is 278 g/mol. The van der Waals surface area contributed by atoms with Gasteiger partial charge in [-0.15, -0.1) is 0 Å². The molecule has 0 aliphatic heterocycles. The first-order chi connectivity index (χ1) is 10.3. The van der Waals surface area contributed by atoms with Gasteiger partial charge in [-0.2, -0.15) is 0 Å². The van der Waals surface area contributed by atoms with Crippen molar-refractivity contribution in [2.75, 3.05) is 5.32 Å². The summed E-state index contributed by atoms with van der Waals surface area (Å²) in [7, 11) is 0. The van der Waals surface area contributed by atoms with Crippen LogP contribution in [-0.4, -0.2) is 4.98 Å². The standard InChI is InChI=1S/C19H22N2/c1-3-14(2)16-6-8-18(9-7-16)21-13-15-4-5-17-10-11-20-19(17)12-15/h4-12,14,20-21H,3,13H2,1-2H3. The normalized spacial score (nSPS) is 12.5. The van der Waals surface area contributed by atoms with E-state index in [2.05, 4.69) is 72.7 Å². The van der Waals surface area contributed by atoms with Gasteiger partial charge in [0, 0.05) is 23.9 Å². The molecule has 2 N–H and O–H groups in total. The van der Waals surface area contributed by atoms with Crippen molar-refractivity contribution in [1.29, 1.82) is 0 Å². The van der Waals surface area contributed by atoms with E-state index in [1.165, 1.54) is 34.1 Å². The van der Waals surface area contributed by atoms with E-state index in [1.807, 2.05) is 6.20 Å². The first-order valence-electron chi connectivity index (χ1n) is 7.66. The van der Waals surface area contributed by atoms with E-state index in [0.717, 1.165) is 6.54 Å². The molecule has 0 saturated heterocycles. The molecule has 1 heterocycles. The Hall–Kier alpha value is -2.22. The molecule has 21 heavy (non-hydrogen) atoms. The molecule has 1 unspecified atom stereocenters. The summed E-state index contributed by atoms with van der Waals surface area (Å²) in [6.07, 6.45) is 3.17. The lowest BCUT2D eigenvalue weighted by Crippen LogP contribution is -1.99. The van der Waals surface area contributed by atoms with Gasteiger partial charge in [0.2, 0.25) is 0 Å². The predicted octanol–water partition coefficient (Wildman–Crippen LogP) is 5.29. The van der Waals surface area contributed by atoms with Crippen molar-refractivity contribution in [2.24, 2.45) is 0 Å². The van der Waals surface area contributed by atoms with Crippen molar-refractivity contribution < 1.29 is 0 Å². The zero-order valence-electron chi connectivity index (χ0n) is 12.7. The number of H-pyrrole nitrogens is 1.